The third-order valence-electron chi connectivity index (χ3n) is 15.3. The Kier molecular flexibility index (Phi) is 12.2. The van der Waals surface area contributed by atoms with Crippen molar-refractivity contribution in [3.05, 3.63) is 101 Å². The van der Waals surface area contributed by atoms with Gasteiger partial charge in [-0.3, -0.25) is 38.5 Å². The molecule has 13 atom stereocenters. The van der Waals surface area contributed by atoms with Crippen LogP contribution >= 0.6 is 0 Å². The van der Waals surface area contributed by atoms with Gasteiger partial charge in [0.15, 0.2) is 29.1 Å². The van der Waals surface area contributed by atoms with Crippen molar-refractivity contribution in [3.63, 3.8) is 0 Å². The normalized spacial score (nSPS) is 34.3. The highest BCUT2D eigenvalue weighted by Gasteiger charge is 2.80. The van der Waals surface area contributed by atoms with Gasteiger partial charge in [0.05, 0.1) is 12.2 Å². The number of amides is 5. The molecule has 3 saturated carbocycles. The van der Waals surface area contributed by atoms with E-state index in [2.05, 4.69) is 16.0 Å². The zero-order chi connectivity index (χ0) is 47.7. The lowest BCUT2D eigenvalue weighted by molar-refractivity contribution is -0.235. The second-order valence-electron chi connectivity index (χ2n) is 18.9. The molecule has 1 saturated heterocycles. The maximum Gasteiger partial charge on any atom is 0.253 e. The number of nitrogens with one attached hydrogen (secondary N) is 3. The summed E-state index contributed by atoms with van der Waals surface area (Å²) in [6.45, 7) is 7.17. The molecule has 17 heteroatoms. The molecule has 6 aliphatic rings. The molecule has 15 nitrogen and oxygen atoms in total. The Balaban J connectivity index is 0.882. The number of allylic oxidation sites excluding steroid dienone is 4. The maximum atomic E-state index is 17.8. The number of hydrogen-bond donors (Lipinski definition) is 5. The second kappa shape index (κ2) is 17.2. The number of anilines is 1. The van der Waals surface area contributed by atoms with Crippen molar-refractivity contribution in [2.45, 2.75) is 114 Å². The van der Waals surface area contributed by atoms with Crippen LogP contribution in [0.25, 0.3) is 0 Å². The molecule has 5 N–H and O–H groups in total. The first kappa shape index (κ1) is 46.8. The third-order valence-corrected chi connectivity index (χ3v) is 15.3. The highest BCUT2D eigenvalue weighted by molar-refractivity contribution is 6.13. The lowest BCUT2D eigenvalue weighted by Gasteiger charge is -2.63. The van der Waals surface area contributed by atoms with Crippen molar-refractivity contribution in [1.82, 2.24) is 15.5 Å². The Morgan fingerprint density at radius 3 is 2.12 bits per heavy atom. The van der Waals surface area contributed by atoms with E-state index >= 15 is 8.78 Å². The highest BCUT2D eigenvalue weighted by Crippen LogP contribution is 2.72. The number of rotatable bonds is 13. The Labute approximate surface area is 380 Å². The molecular formula is C49H54F2N4O11. The number of ketones is 2. The molecule has 0 radical (unpaired) electrons. The fraction of sp³-hybridized carbons (Fsp3) is 0.490. The SMILES string of the molecule is C[C@@H](c1ccc(NC(=O)[C@H](C)NC(=O)[C@H](C)NC(=O)CCN2C(=O)C=CC2=O)cc1)c1ccc([C@@H]2O[C@@H]3C[C@H]4[C@@H]5C[C@H](F)C6=CC(=O)C=C[C@]6(C)[C@@]5(F)[C@@H](O)C[C@]4(C)[C@]3(C(=O)CO)O2)cc1. The summed E-state index contributed by atoms with van der Waals surface area (Å²) in [6.07, 6.45) is 0.0583. The summed E-state index contributed by atoms with van der Waals surface area (Å²) < 4.78 is 46.8. The van der Waals surface area contributed by atoms with Crippen LogP contribution in [-0.4, -0.2) is 111 Å². The minimum Gasteiger partial charge on any atom is -0.390 e. The van der Waals surface area contributed by atoms with E-state index in [1.54, 1.807) is 19.1 Å². The topological polar surface area (TPSA) is 218 Å². The van der Waals surface area contributed by atoms with Crippen LogP contribution in [0.4, 0.5) is 14.5 Å². The summed E-state index contributed by atoms with van der Waals surface area (Å²) >= 11 is 0. The zero-order valence-corrected chi connectivity index (χ0v) is 37.2. The first-order valence-electron chi connectivity index (χ1n) is 22.3. The molecule has 66 heavy (non-hydrogen) atoms. The number of halogens is 2. The maximum absolute atomic E-state index is 17.8. The van der Waals surface area contributed by atoms with E-state index in [9.17, 15) is 43.8 Å². The Hall–Kier alpha value is -5.75. The summed E-state index contributed by atoms with van der Waals surface area (Å²) in [4.78, 5) is 88.6. The van der Waals surface area contributed by atoms with Gasteiger partial charge in [0, 0.05) is 59.0 Å². The molecule has 5 amide bonds. The van der Waals surface area contributed by atoms with Crippen molar-refractivity contribution in [3.8, 4) is 0 Å². The molecule has 4 fully saturated rings. The van der Waals surface area contributed by atoms with Crippen LogP contribution in [0.1, 0.15) is 89.2 Å². The number of Topliss-reactive ketones (excluding diaryl/α,β-unsaturated/α-hetero) is 1. The van der Waals surface area contributed by atoms with Crippen LogP contribution in [0.15, 0.2) is 84.5 Å². The number of aliphatic hydroxyl groups is 2. The van der Waals surface area contributed by atoms with Crippen molar-refractivity contribution < 1.29 is 62.0 Å². The molecular weight excluding hydrogens is 859 g/mol. The Morgan fingerprint density at radius 1 is 0.864 bits per heavy atom. The standard InChI is InChI=1S/C49H54F2N4O11/c1-25(29-10-12-31(13-11-29)54-44(64)27(3)53-43(63)26(2)52-40(60)17-19-55-41(61)14-15-42(55)62)28-6-8-30(9-7-28)45-65-39-22-33-34-21-36(50)35-20-32(57)16-18-46(35,4)48(34,51)37(58)23-47(33,5)49(39,66-45)38(59)24-56/h6-16,18,20,25-27,33-34,36-37,39,45,56,58H,17,19,21-24H2,1-5H3,(H,52,60)(H,53,63)(H,54,64)/t25-,26+,27+,33+,34+,36+,37+,39-,45-,46+,47+,48+,49-/m1/s1. The molecule has 350 valence electrons. The number of benzene rings is 2. The number of fused-ring (bicyclic) bond motifs is 7. The molecule has 2 aromatic carbocycles. The average molecular weight is 913 g/mol. The van der Waals surface area contributed by atoms with Gasteiger partial charge in [0.2, 0.25) is 17.7 Å². The molecule has 8 rings (SSSR count). The molecule has 2 aliphatic heterocycles. The summed E-state index contributed by atoms with van der Waals surface area (Å²) in [5.74, 6) is -5.63. The molecule has 0 aromatic heterocycles. The lowest BCUT2D eigenvalue weighted by atomic mass is 9.44. The zero-order valence-electron chi connectivity index (χ0n) is 37.2. The van der Waals surface area contributed by atoms with E-state index < -0.39 is 118 Å². The molecule has 2 aromatic rings. The van der Waals surface area contributed by atoms with Gasteiger partial charge >= 0.3 is 0 Å². The van der Waals surface area contributed by atoms with E-state index in [1.807, 2.05) is 43.3 Å². The smallest absolute Gasteiger partial charge is 0.253 e. The minimum atomic E-state index is -2.35. The van der Waals surface area contributed by atoms with Crippen molar-refractivity contribution in [1.29, 1.82) is 0 Å². The van der Waals surface area contributed by atoms with Crippen LogP contribution < -0.4 is 16.0 Å². The van der Waals surface area contributed by atoms with Gasteiger partial charge in [-0.15, -0.1) is 0 Å². The number of nitrogens with zero attached hydrogens (tertiary/aromatic N) is 1. The largest absolute Gasteiger partial charge is 0.390 e. The van der Waals surface area contributed by atoms with Gasteiger partial charge < -0.3 is 35.6 Å². The van der Waals surface area contributed by atoms with Crippen LogP contribution in [0, 0.1) is 22.7 Å². The van der Waals surface area contributed by atoms with E-state index in [1.165, 1.54) is 32.9 Å². The number of ether oxygens (including phenoxy) is 2. The van der Waals surface area contributed by atoms with Crippen LogP contribution in [0.5, 0.6) is 0 Å². The summed E-state index contributed by atoms with van der Waals surface area (Å²) in [7, 11) is 0. The predicted octanol–water partition coefficient (Wildman–Crippen LogP) is 3.74. The minimum absolute atomic E-state index is 0.000116. The Bertz CT molecular complexity index is 2440. The first-order valence-corrected chi connectivity index (χ1v) is 22.3. The molecule has 0 spiro atoms. The number of carbonyl (C=O) groups is 7. The van der Waals surface area contributed by atoms with Crippen molar-refractivity contribution >= 4 is 46.8 Å². The van der Waals surface area contributed by atoms with Crippen molar-refractivity contribution in [2.24, 2.45) is 22.7 Å². The lowest BCUT2D eigenvalue weighted by Crippen LogP contribution is -2.70. The molecule has 2 heterocycles. The monoisotopic (exact) mass is 912 g/mol. The average Bonchev–Trinajstić information content (AvgIpc) is 3.92. The van der Waals surface area contributed by atoms with E-state index in [-0.39, 0.29) is 43.7 Å². The number of aliphatic hydroxyl groups excluding tert-OH is 2. The van der Waals surface area contributed by atoms with E-state index in [4.69, 9.17) is 9.47 Å². The van der Waals surface area contributed by atoms with Gasteiger partial charge in [0.1, 0.15) is 24.9 Å². The van der Waals surface area contributed by atoms with E-state index in [0.29, 0.717) is 11.3 Å². The summed E-state index contributed by atoms with van der Waals surface area (Å²) in [5.41, 5.74) is -4.05. The van der Waals surface area contributed by atoms with Crippen molar-refractivity contribution in [2.75, 3.05) is 18.5 Å². The summed E-state index contributed by atoms with van der Waals surface area (Å²) in [5, 5.41) is 30.0. The third kappa shape index (κ3) is 7.43. The quantitative estimate of drug-likeness (QED) is 0.183. The van der Waals surface area contributed by atoms with Gasteiger partial charge in [-0.1, -0.05) is 56.3 Å². The van der Waals surface area contributed by atoms with Crippen LogP contribution in [0.2, 0.25) is 0 Å². The molecule has 0 unspecified atom stereocenters. The number of hydrogen-bond acceptors (Lipinski definition) is 11. The van der Waals surface area contributed by atoms with Gasteiger partial charge in [-0.25, -0.2) is 8.78 Å². The fourth-order valence-corrected chi connectivity index (χ4v) is 11.6. The fourth-order valence-electron chi connectivity index (χ4n) is 11.6. The number of imide groups is 1. The van der Waals surface area contributed by atoms with Gasteiger partial charge in [0.25, 0.3) is 11.8 Å². The van der Waals surface area contributed by atoms with Crippen LogP contribution in [0.3, 0.4) is 0 Å². The number of carbonyl (C=O) groups excluding carboxylic acids is 7. The number of alkyl halides is 2. The first-order chi connectivity index (χ1) is 31.2. The van der Waals surface area contributed by atoms with E-state index in [0.717, 1.165) is 34.3 Å². The van der Waals surface area contributed by atoms with Crippen LogP contribution in [-0.2, 0) is 43.0 Å². The van der Waals surface area contributed by atoms with Gasteiger partial charge in [-0.2, -0.15) is 0 Å². The van der Waals surface area contributed by atoms with Gasteiger partial charge in [-0.05, 0) is 86.9 Å². The molecule has 0 bridgehead atoms. The summed E-state index contributed by atoms with van der Waals surface area (Å²) in [6, 6.07) is 12.6. The molecule has 4 aliphatic carbocycles. The second-order valence-corrected chi connectivity index (χ2v) is 18.9. The predicted molar refractivity (Wildman–Crippen MR) is 232 cm³/mol. The Morgan fingerprint density at radius 2 is 1.48 bits per heavy atom. The highest BCUT2D eigenvalue weighted by atomic mass is 19.1.